The standard InChI is InChI=1S/C20H24O3/c1-15-9-3-5-11-17(15)18(20(21)22)12-7-8-14-23-19-13-6-4-10-16(19)2/h3-6,9-11,13,18H,7-8,12,14H2,1-2H3,(H,21,22). The first-order valence-corrected chi connectivity index (χ1v) is 8.06. The second kappa shape index (κ2) is 8.37. The summed E-state index contributed by atoms with van der Waals surface area (Å²) in [5, 5.41) is 9.49. The number of para-hydroxylation sites is 1. The zero-order valence-electron chi connectivity index (χ0n) is 13.8. The molecule has 0 heterocycles. The van der Waals surface area contributed by atoms with Gasteiger partial charge in [-0.2, -0.15) is 0 Å². The van der Waals surface area contributed by atoms with Crippen LogP contribution in [-0.2, 0) is 4.79 Å². The summed E-state index contributed by atoms with van der Waals surface area (Å²) < 4.78 is 5.76. The maximum Gasteiger partial charge on any atom is 0.310 e. The van der Waals surface area contributed by atoms with Gasteiger partial charge >= 0.3 is 5.97 Å². The lowest BCUT2D eigenvalue weighted by Gasteiger charge is -2.15. The first kappa shape index (κ1) is 17.1. The van der Waals surface area contributed by atoms with Crippen molar-refractivity contribution in [3.8, 4) is 5.75 Å². The quantitative estimate of drug-likeness (QED) is 0.717. The molecule has 0 amide bonds. The summed E-state index contributed by atoms with van der Waals surface area (Å²) in [4.78, 5) is 11.6. The summed E-state index contributed by atoms with van der Waals surface area (Å²) in [6, 6.07) is 15.7. The summed E-state index contributed by atoms with van der Waals surface area (Å²) in [7, 11) is 0. The van der Waals surface area contributed by atoms with Gasteiger partial charge in [-0.25, -0.2) is 0 Å². The van der Waals surface area contributed by atoms with Crippen molar-refractivity contribution in [1.82, 2.24) is 0 Å². The number of aliphatic carboxylic acids is 1. The van der Waals surface area contributed by atoms with E-state index in [0.29, 0.717) is 13.0 Å². The van der Waals surface area contributed by atoms with Crippen LogP contribution in [0.15, 0.2) is 48.5 Å². The summed E-state index contributed by atoms with van der Waals surface area (Å²) in [5.74, 6) is -0.282. The Morgan fingerprint density at radius 3 is 2.30 bits per heavy atom. The van der Waals surface area contributed by atoms with E-state index in [0.717, 1.165) is 35.3 Å². The van der Waals surface area contributed by atoms with Crippen LogP contribution in [0.5, 0.6) is 5.75 Å². The van der Waals surface area contributed by atoms with E-state index in [2.05, 4.69) is 0 Å². The van der Waals surface area contributed by atoms with Crippen molar-refractivity contribution in [3.63, 3.8) is 0 Å². The van der Waals surface area contributed by atoms with Gasteiger partial charge in [-0.1, -0.05) is 42.5 Å². The molecule has 0 spiro atoms. The number of carbonyl (C=O) groups is 1. The van der Waals surface area contributed by atoms with Gasteiger partial charge in [-0.3, -0.25) is 4.79 Å². The molecule has 0 aliphatic heterocycles. The number of benzene rings is 2. The molecule has 0 saturated carbocycles. The van der Waals surface area contributed by atoms with Crippen molar-refractivity contribution < 1.29 is 14.6 Å². The van der Waals surface area contributed by atoms with Crippen molar-refractivity contribution in [2.75, 3.05) is 6.61 Å². The van der Waals surface area contributed by atoms with Crippen LogP contribution in [0.25, 0.3) is 0 Å². The highest BCUT2D eigenvalue weighted by atomic mass is 16.5. The molecule has 0 fully saturated rings. The van der Waals surface area contributed by atoms with Crippen LogP contribution in [0.4, 0.5) is 0 Å². The predicted octanol–water partition coefficient (Wildman–Crippen LogP) is 4.72. The second-order valence-electron chi connectivity index (χ2n) is 5.86. The minimum Gasteiger partial charge on any atom is -0.493 e. The van der Waals surface area contributed by atoms with Gasteiger partial charge < -0.3 is 9.84 Å². The fourth-order valence-electron chi connectivity index (χ4n) is 2.74. The van der Waals surface area contributed by atoms with Crippen LogP contribution < -0.4 is 4.74 Å². The Kier molecular flexibility index (Phi) is 6.21. The van der Waals surface area contributed by atoms with Gasteiger partial charge in [0, 0.05) is 0 Å². The Balaban J connectivity index is 1.83. The average Bonchev–Trinajstić information content (AvgIpc) is 2.53. The molecule has 3 nitrogen and oxygen atoms in total. The normalized spacial score (nSPS) is 11.9. The third-order valence-corrected chi connectivity index (χ3v) is 4.10. The van der Waals surface area contributed by atoms with Crippen molar-refractivity contribution in [2.24, 2.45) is 0 Å². The molecule has 0 radical (unpaired) electrons. The summed E-state index contributed by atoms with van der Waals surface area (Å²) >= 11 is 0. The molecular weight excluding hydrogens is 288 g/mol. The lowest BCUT2D eigenvalue weighted by molar-refractivity contribution is -0.139. The van der Waals surface area contributed by atoms with Crippen molar-refractivity contribution >= 4 is 5.97 Å². The van der Waals surface area contributed by atoms with Crippen LogP contribution in [0, 0.1) is 13.8 Å². The molecule has 1 atom stereocenters. The van der Waals surface area contributed by atoms with Gasteiger partial charge in [0.1, 0.15) is 5.75 Å². The second-order valence-corrected chi connectivity index (χ2v) is 5.86. The first-order chi connectivity index (χ1) is 11.1. The molecule has 2 rings (SSSR count). The number of unbranched alkanes of at least 4 members (excludes halogenated alkanes) is 1. The number of ether oxygens (including phenoxy) is 1. The van der Waals surface area contributed by atoms with Crippen molar-refractivity contribution in [2.45, 2.75) is 39.0 Å². The highest BCUT2D eigenvalue weighted by Crippen LogP contribution is 2.25. The number of hydrogen-bond donors (Lipinski definition) is 1. The lowest BCUT2D eigenvalue weighted by atomic mass is 9.90. The van der Waals surface area contributed by atoms with E-state index in [1.807, 2.05) is 62.4 Å². The maximum atomic E-state index is 11.6. The van der Waals surface area contributed by atoms with Gasteiger partial charge in [0.25, 0.3) is 0 Å². The topological polar surface area (TPSA) is 46.5 Å². The highest BCUT2D eigenvalue weighted by molar-refractivity contribution is 5.76. The van der Waals surface area contributed by atoms with Crippen LogP contribution >= 0.6 is 0 Å². The van der Waals surface area contributed by atoms with Gasteiger partial charge in [-0.05, 0) is 55.9 Å². The Morgan fingerprint density at radius 1 is 1.00 bits per heavy atom. The van der Waals surface area contributed by atoms with Crippen molar-refractivity contribution in [1.29, 1.82) is 0 Å². The smallest absolute Gasteiger partial charge is 0.310 e. The van der Waals surface area contributed by atoms with E-state index in [9.17, 15) is 9.90 Å². The monoisotopic (exact) mass is 312 g/mol. The van der Waals surface area contributed by atoms with Crippen molar-refractivity contribution in [3.05, 3.63) is 65.2 Å². The average molecular weight is 312 g/mol. The van der Waals surface area contributed by atoms with Gasteiger partial charge in [-0.15, -0.1) is 0 Å². The molecule has 122 valence electrons. The third kappa shape index (κ3) is 4.85. The minimum atomic E-state index is -0.751. The largest absolute Gasteiger partial charge is 0.493 e. The summed E-state index contributed by atoms with van der Waals surface area (Å²) in [6.07, 6.45) is 2.32. The number of aryl methyl sites for hydroxylation is 2. The van der Waals surface area contributed by atoms with Crippen LogP contribution in [0.2, 0.25) is 0 Å². The minimum absolute atomic E-state index is 0.435. The number of hydrogen-bond acceptors (Lipinski definition) is 2. The zero-order chi connectivity index (χ0) is 16.7. The highest BCUT2D eigenvalue weighted by Gasteiger charge is 2.20. The molecule has 0 aliphatic carbocycles. The Hall–Kier alpha value is -2.29. The fourth-order valence-corrected chi connectivity index (χ4v) is 2.74. The van der Waals surface area contributed by atoms with Crippen LogP contribution in [0.3, 0.4) is 0 Å². The molecule has 0 bridgehead atoms. The Labute approximate surface area is 137 Å². The SMILES string of the molecule is Cc1ccccc1OCCCCC(C(=O)O)c1ccccc1C. The van der Waals surface area contributed by atoms with E-state index in [1.54, 1.807) is 0 Å². The molecule has 0 saturated heterocycles. The maximum absolute atomic E-state index is 11.6. The molecule has 2 aromatic carbocycles. The molecular formula is C20H24O3. The van der Waals surface area contributed by atoms with E-state index in [1.165, 1.54) is 0 Å². The van der Waals surface area contributed by atoms with Gasteiger partial charge in [0.05, 0.1) is 12.5 Å². The van der Waals surface area contributed by atoms with Crippen LogP contribution in [-0.4, -0.2) is 17.7 Å². The number of carboxylic acid groups (broad SMARTS) is 1. The van der Waals surface area contributed by atoms with Crippen LogP contribution in [0.1, 0.15) is 41.9 Å². The number of rotatable bonds is 8. The molecule has 1 N–H and O–H groups in total. The first-order valence-electron chi connectivity index (χ1n) is 8.06. The predicted molar refractivity (Wildman–Crippen MR) is 92.1 cm³/mol. The molecule has 0 aromatic heterocycles. The van der Waals surface area contributed by atoms with E-state index >= 15 is 0 Å². The van der Waals surface area contributed by atoms with E-state index < -0.39 is 11.9 Å². The van der Waals surface area contributed by atoms with Gasteiger partial charge in [0.2, 0.25) is 0 Å². The summed E-state index contributed by atoms with van der Waals surface area (Å²) in [5.41, 5.74) is 3.08. The van der Waals surface area contributed by atoms with Gasteiger partial charge in [0.15, 0.2) is 0 Å². The zero-order valence-corrected chi connectivity index (χ0v) is 13.8. The Morgan fingerprint density at radius 2 is 1.65 bits per heavy atom. The summed E-state index contributed by atoms with van der Waals surface area (Å²) in [6.45, 7) is 4.60. The lowest BCUT2D eigenvalue weighted by Crippen LogP contribution is -2.13. The van der Waals surface area contributed by atoms with E-state index in [4.69, 9.17) is 4.74 Å². The Bertz CT molecular complexity index is 649. The molecule has 3 heteroatoms. The molecule has 0 aliphatic rings. The third-order valence-electron chi connectivity index (χ3n) is 4.10. The molecule has 23 heavy (non-hydrogen) atoms. The fraction of sp³-hybridized carbons (Fsp3) is 0.350. The number of carboxylic acids is 1. The van der Waals surface area contributed by atoms with E-state index in [-0.39, 0.29) is 0 Å². The molecule has 1 unspecified atom stereocenters. The molecule has 2 aromatic rings.